The Morgan fingerprint density at radius 1 is 1.20 bits per heavy atom. The van der Waals surface area contributed by atoms with Gasteiger partial charge in [-0.05, 0) is 36.6 Å². The van der Waals surface area contributed by atoms with Crippen LogP contribution in [0.25, 0.3) is 0 Å². The smallest absolute Gasteiger partial charge is 0.207 e. The van der Waals surface area contributed by atoms with Crippen molar-refractivity contribution in [1.82, 2.24) is 0 Å². The molecule has 5 heteroatoms. The summed E-state index contributed by atoms with van der Waals surface area (Å²) in [5, 5.41) is 0.598. The van der Waals surface area contributed by atoms with Crippen molar-refractivity contribution in [2.45, 2.75) is 19.0 Å². The minimum atomic E-state index is -4.41. The van der Waals surface area contributed by atoms with E-state index in [0.717, 1.165) is 18.2 Å². The van der Waals surface area contributed by atoms with E-state index in [0.29, 0.717) is 11.8 Å². The van der Waals surface area contributed by atoms with Gasteiger partial charge in [-0.2, -0.15) is 13.2 Å². The van der Waals surface area contributed by atoms with Crippen molar-refractivity contribution in [1.29, 1.82) is 0 Å². The van der Waals surface area contributed by atoms with Crippen molar-refractivity contribution in [3.05, 3.63) is 35.1 Å². The molecule has 1 rings (SSSR count). The first-order chi connectivity index (χ1) is 6.95. The average Bonchev–Trinajstić information content (AvgIpc) is 2.12. The lowest BCUT2D eigenvalue weighted by Gasteiger charge is -2.12. The molecule has 0 nitrogen and oxygen atoms in total. The third-order valence-corrected chi connectivity index (χ3v) is 2.51. The Morgan fingerprint density at radius 3 is 2.40 bits per heavy atom. The molecule has 0 spiro atoms. The van der Waals surface area contributed by atoms with Gasteiger partial charge in [-0.1, -0.05) is 15.9 Å². The zero-order valence-corrected chi connectivity index (χ0v) is 9.33. The Kier molecular flexibility index (Phi) is 4.13. The highest BCUT2D eigenvalue weighted by molar-refractivity contribution is 9.09. The van der Waals surface area contributed by atoms with Gasteiger partial charge < -0.3 is 0 Å². The molecule has 84 valence electrons. The van der Waals surface area contributed by atoms with Crippen LogP contribution in [-0.2, 0) is 12.6 Å². The van der Waals surface area contributed by atoms with Gasteiger partial charge in [-0.25, -0.2) is 4.39 Å². The average molecular weight is 285 g/mol. The van der Waals surface area contributed by atoms with Crippen LogP contribution in [0.1, 0.15) is 17.5 Å². The maximum atomic E-state index is 12.8. The van der Waals surface area contributed by atoms with Crippen molar-refractivity contribution in [3.63, 3.8) is 0 Å². The molecule has 0 radical (unpaired) electrons. The van der Waals surface area contributed by atoms with E-state index in [9.17, 15) is 17.6 Å². The Morgan fingerprint density at radius 2 is 1.87 bits per heavy atom. The van der Waals surface area contributed by atoms with Gasteiger partial charge in [0.1, 0.15) is 5.82 Å². The number of rotatable bonds is 3. The molecule has 0 aliphatic carbocycles. The standard InChI is InChI=1S/C10H9BrF4/c11-5-1-2-7-6-8(12)3-4-9(7)10(13,14)15/h3-4,6H,1-2,5H2. The van der Waals surface area contributed by atoms with Crippen LogP contribution in [-0.4, -0.2) is 5.33 Å². The number of aryl methyl sites for hydroxylation is 1. The molecule has 0 aromatic heterocycles. The van der Waals surface area contributed by atoms with Crippen LogP contribution in [0.5, 0.6) is 0 Å². The van der Waals surface area contributed by atoms with Gasteiger partial charge in [0, 0.05) is 5.33 Å². The fourth-order valence-electron chi connectivity index (χ4n) is 1.30. The van der Waals surface area contributed by atoms with Gasteiger partial charge >= 0.3 is 6.18 Å². The third kappa shape index (κ3) is 3.48. The number of alkyl halides is 4. The van der Waals surface area contributed by atoms with E-state index in [4.69, 9.17) is 0 Å². The number of hydrogen-bond acceptors (Lipinski definition) is 0. The maximum Gasteiger partial charge on any atom is 0.416 e. The summed E-state index contributed by atoms with van der Waals surface area (Å²) in [6, 6.07) is 2.57. The van der Waals surface area contributed by atoms with Crippen LogP contribution >= 0.6 is 15.9 Å². The minimum absolute atomic E-state index is 0.0157. The largest absolute Gasteiger partial charge is 0.416 e. The minimum Gasteiger partial charge on any atom is -0.207 e. The Bertz CT molecular complexity index is 333. The SMILES string of the molecule is Fc1ccc(C(F)(F)F)c(CCCBr)c1. The number of hydrogen-bond donors (Lipinski definition) is 0. The summed E-state index contributed by atoms with van der Waals surface area (Å²) >= 11 is 3.13. The van der Waals surface area contributed by atoms with Gasteiger partial charge in [0.25, 0.3) is 0 Å². The number of halogens is 5. The fourth-order valence-corrected chi connectivity index (χ4v) is 1.58. The Labute approximate surface area is 93.4 Å². The van der Waals surface area contributed by atoms with E-state index in [2.05, 4.69) is 15.9 Å². The summed E-state index contributed by atoms with van der Waals surface area (Å²) in [5.74, 6) is -0.632. The van der Waals surface area contributed by atoms with Crippen molar-refractivity contribution in [2.24, 2.45) is 0 Å². The van der Waals surface area contributed by atoms with E-state index in [-0.39, 0.29) is 12.0 Å². The second-order valence-electron chi connectivity index (χ2n) is 3.09. The molecule has 0 aliphatic rings. The van der Waals surface area contributed by atoms with Crippen molar-refractivity contribution >= 4 is 15.9 Å². The third-order valence-electron chi connectivity index (χ3n) is 1.95. The summed E-state index contributed by atoms with van der Waals surface area (Å²) in [6.07, 6.45) is -3.64. The molecular formula is C10H9BrF4. The summed E-state index contributed by atoms with van der Waals surface area (Å²) < 4.78 is 50.2. The van der Waals surface area contributed by atoms with Crippen LogP contribution in [0.2, 0.25) is 0 Å². The normalized spacial score (nSPS) is 11.8. The lowest BCUT2D eigenvalue weighted by atomic mass is 10.0. The van der Waals surface area contributed by atoms with Gasteiger partial charge in [-0.15, -0.1) is 0 Å². The second kappa shape index (κ2) is 4.96. The van der Waals surface area contributed by atoms with Gasteiger partial charge in [0.2, 0.25) is 0 Å². The first-order valence-electron chi connectivity index (χ1n) is 4.36. The van der Waals surface area contributed by atoms with Crippen LogP contribution in [0, 0.1) is 5.82 Å². The highest BCUT2D eigenvalue weighted by atomic mass is 79.9. The van der Waals surface area contributed by atoms with Gasteiger partial charge in [0.15, 0.2) is 0 Å². The highest BCUT2D eigenvalue weighted by Gasteiger charge is 2.32. The topological polar surface area (TPSA) is 0 Å². The first-order valence-corrected chi connectivity index (χ1v) is 5.49. The molecule has 0 fully saturated rings. The molecule has 0 amide bonds. The van der Waals surface area contributed by atoms with Crippen LogP contribution in [0.3, 0.4) is 0 Å². The van der Waals surface area contributed by atoms with Crippen LogP contribution in [0.15, 0.2) is 18.2 Å². The lowest BCUT2D eigenvalue weighted by Crippen LogP contribution is -2.09. The molecule has 0 atom stereocenters. The van der Waals surface area contributed by atoms with Crippen molar-refractivity contribution in [3.8, 4) is 0 Å². The monoisotopic (exact) mass is 284 g/mol. The summed E-state index contributed by atoms with van der Waals surface area (Å²) in [6.45, 7) is 0. The predicted octanol–water partition coefficient (Wildman–Crippen LogP) is 4.17. The molecule has 1 aromatic rings. The van der Waals surface area contributed by atoms with E-state index in [1.807, 2.05) is 0 Å². The molecule has 0 heterocycles. The molecular weight excluding hydrogens is 276 g/mol. The van der Waals surface area contributed by atoms with Crippen molar-refractivity contribution in [2.75, 3.05) is 5.33 Å². The van der Waals surface area contributed by atoms with E-state index in [1.54, 1.807) is 0 Å². The zero-order chi connectivity index (χ0) is 11.5. The molecule has 0 unspecified atom stereocenters. The molecule has 15 heavy (non-hydrogen) atoms. The van der Waals surface area contributed by atoms with E-state index < -0.39 is 17.6 Å². The lowest BCUT2D eigenvalue weighted by molar-refractivity contribution is -0.138. The Hall–Kier alpha value is -0.580. The highest BCUT2D eigenvalue weighted by Crippen LogP contribution is 2.32. The summed E-state index contributed by atoms with van der Waals surface area (Å²) in [7, 11) is 0. The molecule has 0 saturated carbocycles. The van der Waals surface area contributed by atoms with Gasteiger partial charge in [-0.3, -0.25) is 0 Å². The zero-order valence-electron chi connectivity index (χ0n) is 7.74. The Balaban J connectivity index is 3.03. The first kappa shape index (κ1) is 12.5. The van der Waals surface area contributed by atoms with Crippen LogP contribution in [0.4, 0.5) is 17.6 Å². The fraction of sp³-hybridized carbons (Fsp3) is 0.400. The van der Waals surface area contributed by atoms with E-state index in [1.165, 1.54) is 0 Å². The predicted molar refractivity (Wildman–Crippen MR) is 53.5 cm³/mol. The molecule has 0 bridgehead atoms. The molecule has 0 N–H and O–H groups in total. The van der Waals surface area contributed by atoms with E-state index >= 15 is 0 Å². The van der Waals surface area contributed by atoms with Crippen molar-refractivity contribution < 1.29 is 17.6 Å². The second-order valence-corrected chi connectivity index (χ2v) is 3.88. The quantitative estimate of drug-likeness (QED) is 0.577. The van der Waals surface area contributed by atoms with Gasteiger partial charge in [0.05, 0.1) is 5.56 Å². The maximum absolute atomic E-state index is 12.8. The summed E-state index contributed by atoms with van der Waals surface area (Å²) in [5.41, 5.74) is -0.730. The molecule has 0 saturated heterocycles. The van der Waals surface area contributed by atoms with Crippen LogP contribution < -0.4 is 0 Å². The molecule has 0 aliphatic heterocycles. The summed E-state index contributed by atoms with van der Waals surface area (Å²) in [4.78, 5) is 0. The molecule has 1 aromatic carbocycles. The number of benzene rings is 1.